The monoisotopic (exact) mass is 179 g/mol. The highest BCUT2D eigenvalue weighted by Crippen LogP contribution is 2.05. The number of carbonyl (C=O) groups is 1. The Bertz CT molecular complexity index is 299. The Morgan fingerprint density at radius 1 is 1.54 bits per heavy atom. The van der Waals surface area contributed by atoms with Crippen LogP contribution in [0.15, 0.2) is 24.3 Å². The van der Waals surface area contributed by atoms with Gasteiger partial charge in [0.1, 0.15) is 0 Å². The van der Waals surface area contributed by atoms with Crippen molar-refractivity contribution in [2.24, 2.45) is 0 Å². The molecule has 2 amide bonds. The smallest absolute Gasteiger partial charge is 0.314 e. The van der Waals surface area contributed by atoms with E-state index < -0.39 is 0 Å². The van der Waals surface area contributed by atoms with E-state index in [0.29, 0.717) is 12.2 Å². The van der Waals surface area contributed by atoms with Crippen molar-refractivity contribution in [2.45, 2.75) is 6.54 Å². The number of nitrogens with one attached hydrogen (secondary N) is 2. The first-order valence-electron chi connectivity index (χ1n) is 4.02. The highest BCUT2D eigenvalue weighted by molar-refractivity contribution is 5.73. The lowest BCUT2D eigenvalue weighted by Gasteiger charge is -2.04. The molecule has 0 spiro atoms. The molecular formula is C9H13N3O. The van der Waals surface area contributed by atoms with Gasteiger partial charge in [-0.1, -0.05) is 12.1 Å². The SMILES string of the molecule is CNC(=O)NCc1cccc(N)c1. The van der Waals surface area contributed by atoms with Crippen LogP contribution in [0.3, 0.4) is 0 Å². The van der Waals surface area contributed by atoms with E-state index in [0.717, 1.165) is 5.56 Å². The third kappa shape index (κ3) is 3.02. The zero-order chi connectivity index (χ0) is 9.68. The van der Waals surface area contributed by atoms with Crippen LogP contribution in [0.25, 0.3) is 0 Å². The van der Waals surface area contributed by atoms with Crippen LogP contribution in [0, 0.1) is 0 Å². The number of hydrogen-bond acceptors (Lipinski definition) is 2. The fourth-order valence-corrected chi connectivity index (χ4v) is 0.974. The Morgan fingerprint density at radius 3 is 2.92 bits per heavy atom. The van der Waals surface area contributed by atoms with Crippen LogP contribution in [0.4, 0.5) is 10.5 Å². The van der Waals surface area contributed by atoms with Gasteiger partial charge in [0.15, 0.2) is 0 Å². The summed E-state index contributed by atoms with van der Waals surface area (Å²) in [6.07, 6.45) is 0. The number of anilines is 1. The fourth-order valence-electron chi connectivity index (χ4n) is 0.974. The molecule has 0 aliphatic heterocycles. The Hall–Kier alpha value is -1.71. The van der Waals surface area contributed by atoms with Crippen molar-refractivity contribution in [3.8, 4) is 0 Å². The molecule has 1 aromatic carbocycles. The van der Waals surface area contributed by atoms with Gasteiger partial charge in [0.05, 0.1) is 0 Å². The molecule has 4 nitrogen and oxygen atoms in total. The highest BCUT2D eigenvalue weighted by atomic mass is 16.2. The zero-order valence-electron chi connectivity index (χ0n) is 7.50. The van der Waals surface area contributed by atoms with Crippen molar-refractivity contribution in [3.05, 3.63) is 29.8 Å². The second-order valence-electron chi connectivity index (χ2n) is 2.68. The number of rotatable bonds is 2. The maximum Gasteiger partial charge on any atom is 0.314 e. The van der Waals surface area contributed by atoms with Crippen LogP contribution in [0.5, 0.6) is 0 Å². The van der Waals surface area contributed by atoms with E-state index >= 15 is 0 Å². The molecule has 13 heavy (non-hydrogen) atoms. The molecule has 0 bridgehead atoms. The van der Waals surface area contributed by atoms with Gasteiger partial charge in [0.2, 0.25) is 0 Å². The molecule has 0 fully saturated rings. The van der Waals surface area contributed by atoms with Crippen LogP contribution < -0.4 is 16.4 Å². The molecule has 0 heterocycles. The van der Waals surface area contributed by atoms with E-state index in [4.69, 9.17) is 5.73 Å². The molecular weight excluding hydrogens is 166 g/mol. The number of amides is 2. The summed E-state index contributed by atoms with van der Waals surface area (Å²) in [7, 11) is 1.58. The van der Waals surface area contributed by atoms with Crippen LogP contribution in [-0.2, 0) is 6.54 Å². The normalized spacial score (nSPS) is 9.31. The third-order valence-corrected chi connectivity index (χ3v) is 1.63. The Morgan fingerprint density at radius 2 is 2.31 bits per heavy atom. The van der Waals surface area contributed by atoms with Gasteiger partial charge in [-0.3, -0.25) is 0 Å². The minimum Gasteiger partial charge on any atom is -0.399 e. The van der Waals surface area contributed by atoms with Crippen molar-refractivity contribution in [2.75, 3.05) is 12.8 Å². The molecule has 0 atom stereocenters. The maximum absolute atomic E-state index is 10.8. The summed E-state index contributed by atoms with van der Waals surface area (Å²) in [6, 6.07) is 7.21. The predicted octanol–water partition coefficient (Wildman–Crippen LogP) is 0.698. The third-order valence-electron chi connectivity index (χ3n) is 1.63. The molecule has 0 radical (unpaired) electrons. The second-order valence-corrected chi connectivity index (χ2v) is 2.68. The zero-order valence-corrected chi connectivity index (χ0v) is 7.50. The van der Waals surface area contributed by atoms with Crippen molar-refractivity contribution in [1.29, 1.82) is 0 Å². The summed E-state index contributed by atoms with van der Waals surface area (Å²) in [4.78, 5) is 10.8. The summed E-state index contributed by atoms with van der Waals surface area (Å²) < 4.78 is 0. The van der Waals surface area contributed by atoms with E-state index in [1.54, 1.807) is 7.05 Å². The largest absolute Gasteiger partial charge is 0.399 e. The van der Waals surface area contributed by atoms with Crippen LogP contribution >= 0.6 is 0 Å². The number of nitrogen functional groups attached to an aromatic ring is 1. The summed E-state index contributed by atoms with van der Waals surface area (Å²) in [5, 5.41) is 5.14. The molecule has 1 aromatic rings. The van der Waals surface area contributed by atoms with E-state index in [1.165, 1.54) is 0 Å². The van der Waals surface area contributed by atoms with Crippen molar-refractivity contribution in [1.82, 2.24) is 10.6 Å². The lowest BCUT2D eigenvalue weighted by molar-refractivity contribution is 0.242. The van der Waals surface area contributed by atoms with E-state index in [2.05, 4.69) is 10.6 Å². The molecule has 1 rings (SSSR count). The fraction of sp³-hybridized carbons (Fsp3) is 0.222. The lowest BCUT2D eigenvalue weighted by Crippen LogP contribution is -2.32. The Labute approximate surface area is 77.1 Å². The molecule has 70 valence electrons. The van der Waals surface area contributed by atoms with Gasteiger partial charge in [-0.25, -0.2) is 4.79 Å². The molecule has 0 aliphatic carbocycles. The predicted molar refractivity (Wildman–Crippen MR) is 52.1 cm³/mol. The standard InChI is InChI=1S/C9H13N3O/c1-11-9(13)12-6-7-3-2-4-8(10)5-7/h2-5H,6,10H2,1H3,(H2,11,12,13). The topological polar surface area (TPSA) is 67.2 Å². The summed E-state index contributed by atoms with van der Waals surface area (Å²) in [5.41, 5.74) is 7.26. The van der Waals surface area contributed by atoms with Gasteiger partial charge in [0.25, 0.3) is 0 Å². The van der Waals surface area contributed by atoms with Crippen molar-refractivity contribution < 1.29 is 4.79 Å². The molecule has 4 N–H and O–H groups in total. The minimum absolute atomic E-state index is 0.192. The molecule has 0 aromatic heterocycles. The minimum atomic E-state index is -0.192. The van der Waals surface area contributed by atoms with E-state index in [-0.39, 0.29) is 6.03 Å². The number of benzene rings is 1. The summed E-state index contributed by atoms with van der Waals surface area (Å²) in [5.74, 6) is 0. The maximum atomic E-state index is 10.8. The van der Waals surface area contributed by atoms with Crippen molar-refractivity contribution >= 4 is 11.7 Å². The Kier molecular flexibility index (Phi) is 3.14. The van der Waals surface area contributed by atoms with Gasteiger partial charge in [-0.2, -0.15) is 0 Å². The van der Waals surface area contributed by atoms with Gasteiger partial charge in [-0.05, 0) is 17.7 Å². The van der Waals surface area contributed by atoms with Gasteiger partial charge < -0.3 is 16.4 Å². The van der Waals surface area contributed by atoms with E-state index in [9.17, 15) is 4.79 Å². The first-order chi connectivity index (χ1) is 6.22. The van der Waals surface area contributed by atoms with Gasteiger partial charge in [0, 0.05) is 19.3 Å². The molecule has 0 saturated carbocycles. The quantitative estimate of drug-likeness (QED) is 0.585. The van der Waals surface area contributed by atoms with Crippen molar-refractivity contribution in [3.63, 3.8) is 0 Å². The van der Waals surface area contributed by atoms with Crippen LogP contribution in [0.2, 0.25) is 0 Å². The van der Waals surface area contributed by atoms with Crippen LogP contribution in [-0.4, -0.2) is 13.1 Å². The first kappa shape index (κ1) is 9.38. The molecule has 0 unspecified atom stereocenters. The Balaban J connectivity index is 2.50. The number of nitrogens with two attached hydrogens (primary N) is 1. The van der Waals surface area contributed by atoms with Gasteiger partial charge >= 0.3 is 6.03 Å². The summed E-state index contributed by atoms with van der Waals surface area (Å²) in [6.45, 7) is 0.491. The van der Waals surface area contributed by atoms with Gasteiger partial charge in [-0.15, -0.1) is 0 Å². The number of hydrogen-bond donors (Lipinski definition) is 3. The average Bonchev–Trinajstić information content (AvgIpc) is 2.14. The van der Waals surface area contributed by atoms with E-state index in [1.807, 2.05) is 24.3 Å². The first-order valence-corrected chi connectivity index (χ1v) is 4.02. The van der Waals surface area contributed by atoms with Crippen LogP contribution in [0.1, 0.15) is 5.56 Å². The molecule has 0 saturated heterocycles. The molecule has 4 heteroatoms. The highest BCUT2D eigenvalue weighted by Gasteiger charge is 1.96. The lowest BCUT2D eigenvalue weighted by atomic mass is 10.2. The summed E-state index contributed by atoms with van der Waals surface area (Å²) >= 11 is 0. The average molecular weight is 179 g/mol. The second kappa shape index (κ2) is 4.35. The number of carbonyl (C=O) groups excluding carboxylic acids is 1. The molecule has 0 aliphatic rings. The number of urea groups is 1.